The molecule has 0 aliphatic rings. The molecule has 0 saturated heterocycles. The van der Waals surface area contributed by atoms with Crippen LogP contribution in [0.5, 0.6) is 5.75 Å². The molecule has 1 aromatic rings. The van der Waals surface area contributed by atoms with Gasteiger partial charge in [-0.3, -0.25) is 0 Å². The highest BCUT2D eigenvalue weighted by molar-refractivity contribution is 6.37. The van der Waals surface area contributed by atoms with Crippen LogP contribution in [0.2, 0.25) is 10.0 Å². The van der Waals surface area contributed by atoms with Crippen LogP contribution in [0.3, 0.4) is 0 Å². The van der Waals surface area contributed by atoms with Gasteiger partial charge in [0.05, 0.1) is 17.2 Å². The van der Waals surface area contributed by atoms with Crippen LogP contribution in [0.4, 0.5) is 0 Å². The Balaban J connectivity index is 2.87. The molecule has 0 saturated carbocycles. The first-order valence-electron chi connectivity index (χ1n) is 4.60. The zero-order valence-electron chi connectivity index (χ0n) is 8.73. The summed E-state index contributed by atoms with van der Waals surface area (Å²) in [5.41, 5.74) is 1.08. The maximum absolute atomic E-state index is 6.00. The minimum absolute atomic E-state index is 0.531. The van der Waals surface area contributed by atoms with Crippen LogP contribution in [0.15, 0.2) is 12.1 Å². The van der Waals surface area contributed by atoms with Crippen molar-refractivity contribution in [3.8, 4) is 17.6 Å². The zero-order valence-corrected chi connectivity index (χ0v) is 10.2. The monoisotopic (exact) mass is 242 g/mol. The SMILES string of the molecule is CC#CCCc1cc(Cl)c(OC)c(Cl)c1. The summed E-state index contributed by atoms with van der Waals surface area (Å²) in [4.78, 5) is 0. The van der Waals surface area contributed by atoms with E-state index in [1.165, 1.54) is 0 Å². The number of benzene rings is 1. The molecule has 0 atom stereocenters. The van der Waals surface area contributed by atoms with Gasteiger partial charge in [0, 0.05) is 6.42 Å². The first kappa shape index (κ1) is 12.2. The summed E-state index contributed by atoms with van der Waals surface area (Å²) in [6.45, 7) is 1.83. The highest BCUT2D eigenvalue weighted by atomic mass is 35.5. The molecular formula is C12H12Cl2O. The van der Waals surface area contributed by atoms with E-state index in [2.05, 4.69) is 11.8 Å². The summed E-state index contributed by atoms with van der Waals surface area (Å²) in [6, 6.07) is 3.73. The lowest BCUT2D eigenvalue weighted by Crippen LogP contribution is -1.89. The average Bonchev–Trinajstić information content (AvgIpc) is 2.18. The normalized spacial score (nSPS) is 9.33. The van der Waals surface area contributed by atoms with Crippen molar-refractivity contribution in [3.05, 3.63) is 27.7 Å². The van der Waals surface area contributed by atoms with Crippen molar-refractivity contribution < 1.29 is 4.74 Å². The van der Waals surface area contributed by atoms with E-state index in [1.54, 1.807) is 7.11 Å². The smallest absolute Gasteiger partial charge is 0.156 e. The van der Waals surface area contributed by atoms with Crippen LogP contribution in [-0.2, 0) is 6.42 Å². The number of hydrogen-bond donors (Lipinski definition) is 0. The van der Waals surface area contributed by atoms with Crippen molar-refractivity contribution in [2.75, 3.05) is 7.11 Å². The molecule has 0 heterocycles. The summed E-state index contributed by atoms with van der Waals surface area (Å²) in [5, 5.41) is 1.09. The Kier molecular flexibility index (Phi) is 4.81. The van der Waals surface area contributed by atoms with Gasteiger partial charge >= 0.3 is 0 Å². The van der Waals surface area contributed by atoms with Gasteiger partial charge < -0.3 is 4.74 Å². The van der Waals surface area contributed by atoms with Gasteiger partial charge in [0.25, 0.3) is 0 Å². The highest BCUT2D eigenvalue weighted by Gasteiger charge is 2.07. The first-order valence-corrected chi connectivity index (χ1v) is 5.36. The van der Waals surface area contributed by atoms with E-state index in [0.717, 1.165) is 18.4 Å². The number of hydrogen-bond acceptors (Lipinski definition) is 1. The van der Waals surface area contributed by atoms with E-state index in [1.807, 2.05) is 19.1 Å². The molecule has 0 aliphatic carbocycles. The van der Waals surface area contributed by atoms with Gasteiger partial charge in [0.1, 0.15) is 0 Å². The van der Waals surface area contributed by atoms with E-state index in [-0.39, 0.29) is 0 Å². The van der Waals surface area contributed by atoms with E-state index < -0.39 is 0 Å². The van der Waals surface area contributed by atoms with Gasteiger partial charge in [0.2, 0.25) is 0 Å². The molecule has 1 nitrogen and oxygen atoms in total. The number of methoxy groups -OCH3 is 1. The van der Waals surface area contributed by atoms with Gasteiger partial charge in [-0.15, -0.1) is 11.8 Å². The molecule has 1 aromatic carbocycles. The molecule has 0 bridgehead atoms. The fourth-order valence-electron chi connectivity index (χ4n) is 1.28. The second-order valence-electron chi connectivity index (χ2n) is 3.02. The van der Waals surface area contributed by atoms with Crippen LogP contribution in [-0.4, -0.2) is 7.11 Å². The van der Waals surface area contributed by atoms with Crippen LogP contribution in [0.1, 0.15) is 18.9 Å². The summed E-state index contributed by atoms with van der Waals surface area (Å²) >= 11 is 12.0. The van der Waals surface area contributed by atoms with Crippen molar-refractivity contribution in [2.45, 2.75) is 19.8 Å². The maximum Gasteiger partial charge on any atom is 0.156 e. The summed E-state index contributed by atoms with van der Waals surface area (Å²) in [7, 11) is 1.55. The van der Waals surface area contributed by atoms with Crippen molar-refractivity contribution in [2.24, 2.45) is 0 Å². The predicted octanol–water partition coefficient (Wildman–Crippen LogP) is 3.96. The Hall–Kier alpha value is -0.840. The Morgan fingerprint density at radius 2 is 1.87 bits per heavy atom. The third kappa shape index (κ3) is 3.34. The standard InChI is InChI=1S/C12H12Cl2O/c1-3-4-5-6-9-7-10(13)12(15-2)11(14)8-9/h7-8H,5-6H2,1-2H3. The van der Waals surface area contributed by atoms with Crippen LogP contribution in [0, 0.1) is 11.8 Å². The molecule has 3 heteroatoms. The molecule has 0 aromatic heterocycles. The largest absolute Gasteiger partial charge is 0.494 e. The van der Waals surface area contributed by atoms with Gasteiger partial charge in [-0.2, -0.15) is 0 Å². The molecule has 80 valence electrons. The van der Waals surface area contributed by atoms with Gasteiger partial charge in [-0.25, -0.2) is 0 Å². The Labute approximate surface area is 100 Å². The molecule has 0 unspecified atom stereocenters. The van der Waals surface area contributed by atoms with Crippen molar-refractivity contribution >= 4 is 23.2 Å². The van der Waals surface area contributed by atoms with E-state index in [9.17, 15) is 0 Å². The Bertz CT molecular complexity index is 379. The van der Waals surface area contributed by atoms with E-state index in [0.29, 0.717) is 15.8 Å². The third-order valence-electron chi connectivity index (χ3n) is 1.98. The summed E-state index contributed by atoms with van der Waals surface area (Å²) in [6.07, 6.45) is 1.67. The topological polar surface area (TPSA) is 9.23 Å². The lowest BCUT2D eigenvalue weighted by atomic mass is 10.1. The third-order valence-corrected chi connectivity index (χ3v) is 2.54. The molecule has 0 N–H and O–H groups in total. The summed E-state index contributed by atoms with van der Waals surface area (Å²) < 4.78 is 5.06. The number of halogens is 2. The fraction of sp³-hybridized carbons (Fsp3) is 0.333. The molecule has 15 heavy (non-hydrogen) atoms. The first-order chi connectivity index (χ1) is 7.19. The quantitative estimate of drug-likeness (QED) is 0.730. The maximum atomic E-state index is 6.00. The minimum Gasteiger partial charge on any atom is -0.494 e. The lowest BCUT2D eigenvalue weighted by Gasteiger charge is -2.07. The van der Waals surface area contributed by atoms with E-state index >= 15 is 0 Å². The predicted molar refractivity (Wildman–Crippen MR) is 64.8 cm³/mol. The van der Waals surface area contributed by atoms with Gasteiger partial charge in [-0.1, -0.05) is 23.2 Å². The average molecular weight is 243 g/mol. The highest BCUT2D eigenvalue weighted by Crippen LogP contribution is 2.33. The van der Waals surface area contributed by atoms with Gasteiger partial charge in [0.15, 0.2) is 5.75 Å². The Morgan fingerprint density at radius 1 is 1.27 bits per heavy atom. The second-order valence-corrected chi connectivity index (χ2v) is 3.83. The van der Waals surface area contributed by atoms with Crippen molar-refractivity contribution in [3.63, 3.8) is 0 Å². The molecule has 0 amide bonds. The van der Waals surface area contributed by atoms with Crippen LogP contribution < -0.4 is 4.74 Å². The molecule has 0 fully saturated rings. The molecule has 0 spiro atoms. The molecule has 1 rings (SSSR count). The Morgan fingerprint density at radius 3 is 2.33 bits per heavy atom. The number of rotatable bonds is 3. The number of ether oxygens (including phenoxy) is 1. The summed E-state index contributed by atoms with van der Waals surface area (Å²) in [5.74, 6) is 6.38. The second kappa shape index (κ2) is 5.90. The molecule has 0 radical (unpaired) electrons. The van der Waals surface area contributed by atoms with Gasteiger partial charge in [-0.05, 0) is 31.0 Å². The zero-order chi connectivity index (χ0) is 11.3. The molecular weight excluding hydrogens is 231 g/mol. The fourth-order valence-corrected chi connectivity index (χ4v) is 1.97. The van der Waals surface area contributed by atoms with Crippen molar-refractivity contribution in [1.29, 1.82) is 0 Å². The van der Waals surface area contributed by atoms with Crippen LogP contribution >= 0.6 is 23.2 Å². The minimum atomic E-state index is 0.531. The molecule has 0 aliphatic heterocycles. The van der Waals surface area contributed by atoms with E-state index in [4.69, 9.17) is 27.9 Å². The number of aryl methyl sites for hydroxylation is 1. The van der Waals surface area contributed by atoms with Crippen LogP contribution in [0.25, 0.3) is 0 Å². The lowest BCUT2D eigenvalue weighted by molar-refractivity contribution is 0.415. The van der Waals surface area contributed by atoms with Crippen molar-refractivity contribution in [1.82, 2.24) is 0 Å².